The maximum atomic E-state index is 10.4. The molecule has 0 saturated carbocycles. The van der Waals surface area contributed by atoms with Gasteiger partial charge in [0.1, 0.15) is 7.60 Å². The van der Waals surface area contributed by atoms with E-state index in [-0.39, 0.29) is 57.0 Å². The number of rotatable bonds is 3. The summed E-state index contributed by atoms with van der Waals surface area (Å²) in [6.45, 7) is 2.94. The van der Waals surface area contributed by atoms with Crippen LogP contribution >= 0.6 is 7.60 Å². The smallest absolute Gasteiger partial charge is 0.778 e. The number of aliphatic carboxylic acids is 1. The molecule has 13 heavy (non-hydrogen) atoms. The zero-order valence-corrected chi connectivity index (χ0v) is 11.8. The second kappa shape index (κ2) is 6.47. The van der Waals surface area contributed by atoms with E-state index in [1.165, 1.54) is 13.8 Å². The number of allylic oxidation sites excluding steroid dienone is 1. The molecule has 0 saturated heterocycles. The van der Waals surface area contributed by atoms with Gasteiger partial charge in [-0.1, -0.05) is 5.57 Å². The average molecular weight is 232 g/mol. The molecule has 0 bridgehead atoms. The van der Waals surface area contributed by atoms with E-state index in [2.05, 4.69) is 0 Å². The van der Waals surface area contributed by atoms with Gasteiger partial charge in [-0.25, -0.2) is 4.79 Å². The van der Waals surface area contributed by atoms with Gasteiger partial charge in [-0.3, -0.25) is 0 Å². The van der Waals surface area contributed by atoms with Crippen LogP contribution in [0.5, 0.6) is 0 Å². The Labute approximate surface area is 119 Å². The number of hydrogen-bond acceptors (Lipinski definition) is 3. The van der Waals surface area contributed by atoms with Gasteiger partial charge in [0.2, 0.25) is 0 Å². The molecule has 0 aromatic carbocycles. The monoisotopic (exact) mass is 232 g/mol. The Morgan fingerprint density at radius 2 is 1.85 bits per heavy atom. The molecule has 0 heterocycles. The minimum atomic E-state index is -4.52. The molecular formula is C6H10KO5P. The SMILES string of the molecule is CC(C)=C(CP(=O)([O-])O)C(=O)O.[K+]. The minimum Gasteiger partial charge on any atom is -0.778 e. The summed E-state index contributed by atoms with van der Waals surface area (Å²) in [6, 6.07) is 0. The molecule has 0 aromatic rings. The van der Waals surface area contributed by atoms with E-state index in [9.17, 15) is 14.3 Å². The first-order valence-electron chi connectivity index (χ1n) is 3.16. The van der Waals surface area contributed by atoms with E-state index >= 15 is 0 Å². The van der Waals surface area contributed by atoms with Crippen molar-refractivity contribution in [3.05, 3.63) is 11.1 Å². The van der Waals surface area contributed by atoms with Crippen LogP contribution in [0.4, 0.5) is 0 Å². The van der Waals surface area contributed by atoms with Gasteiger partial charge >= 0.3 is 57.4 Å². The van der Waals surface area contributed by atoms with Gasteiger partial charge in [0.15, 0.2) is 0 Å². The maximum absolute atomic E-state index is 10.4. The van der Waals surface area contributed by atoms with Crippen LogP contribution in [0.15, 0.2) is 11.1 Å². The Morgan fingerprint density at radius 3 is 1.92 bits per heavy atom. The number of hydrogen-bond donors (Lipinski definition) is 2. The molecule has 0 aliphatic heterocycles. The van der Waals surface area contributed by atoms with Gasteiger partial charge < -0.3 is 19.5 Å². The molecular weight excluding hydrogens is 222 g/mol. The summed E-state index contributed by atoms with van der Waals surface area (Å²) in [4.78, 5) is 29.1. The second-order valence-corrected chi connectivity index (χ2v) is 4.17. The fourth-order valence-electron chi connectivity index (χ4n) is 0.639. The zero-order valence-electron chi connectivity index (χ0n) is 7.77. The maximum Gasteiger partial charge on any atom is 1.00 e. The van der Waals surface area contributed by atoms with Crippen molar-refractivity contribution in [2.45, 2.75) is 13.8 Å². The number of carbonyl (C=O) groups is 1. The van der Waals surface area contributed by atoms with Crippen LogP contribution in [0.25, 0.3) is 0 Å². The van der Waals surface area contributed by atoms with Gasteiger partial charge in [-0.05, 0) is 13.8 Å². The fourth-order valence-corrected chi connectivity index (χ4v) is 1.49. The van der Waals surface area contributed by atoms with Crippen LogP contribution in [0, 0.1) is 0 Å². The van der Waals surface area contributed by atoms with Crippen LogP contribution < -0.4 is 56.3 Å². The Hall–Kier alpha value is 0.996. The van der Waals surface area contributed by atoms with Gasteiger partial charge in [-0.15, -0.1) is 0 Å². The van der Waals surface area contributed by atoms with E-state index in [1.54, 1.807) is 0 Å². The van der Waals surface area contributed by atoms with Crippen LogP contribution in [-0.4, -0.2) is 22.1 Å². The Balaban J connectivity index is 0. The molecule has 0 aliphatic rings. The van der Waals surface area contributed by atoms with E-state index in [0.29, 0.717) is 5.57 Å². The summed E-state index contributed by atoms with van der Waals surface area (Å²) in [5, 5.41) is 8.48. The summed E-state index contributed by atoms with van der Waals surface area (Å²) < 4.78 is 10.3. The topological polar surface area (TPSA) is 97.7 Å². The third-order valence-electron chi connectivity index (χ3n) is 1.22. The number of carboxylic acids is 1. The molecule has 1 unspecified atom stereocenters. The first-order chi connectivity index (χ1) is 5.24. The van der Waals surface area contributed by atoms with Gasteiger partial charge in [0.05, 0.1) is 0 Å². The molecule has 0 amide bonds. The van der Waals surface area contributed by atoms with Crippen LogP contribution in [0.2, 0.25) is 0 Å². The second-order valence-electron chi connectivity index (χ2n) is 2.58. The molecule has 7 heteroatoms. The van der Waals surface area contributed by atoms with Crippen molar-refractivity contribution in [3.63, 3.8) is 0 Å². The fraction of sp³-hybridized carbons (Fsp3) is 0.500. The van der Waals surface area contributed by atoms with Gasteiger partial charge in [0, 0.05) is 11.7 Å². The Bertz CT molecular complexity index is 262. The normalized spacial score (nSPS) is 13.8. The van der Waals surface area contributed by atoms with Crippen molar-refractivity contribution in [1.82, 2.24) is 0 Å². The van der Waals surface area contributed by atoms with Crippen LogP contribution in [0.1, 0.15) is 13.8 Å². The van der Waals surface area contributed by atoms with E-state index in [1.807, 2.05) is 0 Å². The summed E-state index contributed by atoms with van der Waals surface area (Å²) in [6.07, 6.45) is -0.815. The standard InChI is InChI=1S/C6H11O5P.K/c1-4(2)5(6(7)8)3-12(9,10)11;/h3H2,1-2H3,(H,7,8)(H2,9,10,11);/q;+1/p-1. The molecule has 0 fully saturated rings. The van der Waals surface area contributed by atoms with E-state index < -0.39 is 19.7 Å². The van der Waals surface area contributed by atoms with Gasteiger partial charge in [0.25, 0.3) is 0 Å². The molecule has 1 atom stereocenters. The van der Waals surface area contributed by atoms with Crippen molar-refractivity contribution in [1.29, 1.82) is 0 Å². The molecule has 0 aromatic heterocycles. The third-order valence-corrected chi connectivity index (χ3v) is 1.94. The summed E-state index contributed by atoms with van der Waals surface area (Å²) in [5.74, 6) is -1.32. The molecule has 0 rings (SSSR count). The summed E-state index contributed by atoms with van der Waals surface area (Å²) >= 11 is 0. The molecule has 70 valence electrons. The average Bonchev–Trinajstić information content (AvgIpc) is 1.79. The van der Waals surface area contributed by atoms with Crippen LogP contribution in [0.3, 0.4) is 0 Å². The molecule has 5 nitrogen and oxygen atoms in total. The quantitative estimate of drug-likeness (QED) is 0.306. The van der Waals surface area contributed by atoms with Crippen molar-refractivity contribution in [2.24, 2.45) is 0 Å². The van der Waals surface area contributed by atoms with Gasteiger partial charge in [-0.2, -0.15) is 0 Å². The molecule has 0 aliphatic carbocycles. The van der Waals surface area contributed by atoms with E-state index in [0.717, 1.165) is 0 Å². The summed E-state index contributed by atoms with van der Waals surface area (Å²) in [5.41, 5.74) is 0.0865. The number of carboxylic acid groups (broad SMARTS) is 1. The predicted molar refractivity (Wildman–Crippen MR) is 40.7 cm³/mol. The van der Waals surface area contributed by atoms with Crippen LogP contribution in [-0.2, 0) is 9.36 Å². The first kappa shape index (κ1) is 16.4. The largest absolute Gasteiger partial charge is 1.00 e. The Morgan fingerprint density at radius 1 is 1.46 bits per heavy atom. The molecule has 2 N–H and O–H groups in total. The van der Waals surface area contributed by atoms with Crippen molar-refractivity contribution in [3.8, 4) is 0 Å². The molecule has 0 radical (unpaired) electrons. The molecule has 0 spiro atoms. The third kappa shape index (κ3) is 8.02. The Kier molecular flexibility index (Phi) is 8.18. The van der Waals surface area contributed by atoms with Crippen molar-refractivity contribution in [2.75, 3.05) is 6.16 Å². The minimum absolute atomic E-state index is 0. The van der Waals surface area contributed by atoms with E-state index in [4.69, 9.17) is 10.00 Å². The first-order valence-corrected chi connectivity index (χ1v) is 4.93. The predicted octanol–water partition coefficient (Wildman–Crippen LogP) is -3.04. The van der Waals surface area contributed by atoms with Crippen molar-refractivity contribution < 1.29 is 75.6 Å². The summed E-state index contributed by atoms with van der Waals surface area (Å²) in [7, 11) is -4.52. The zero-order chi connectivity index (χ0) is 9.94. The van der Waals surface area contributed by atoms with Crippen molar-refractivity contribution >= 4 is 13.6 Å².